The van der Waals surface area contributed by atoms with Crippen LogP contribution in [0, 0.1) is 5.92 Å². The molecule has 0 aliphatic carbocycles. The van der Waals surface area contributed by atoms with Crippen molar-refractivity contribution >= 4 is 16.3 Å². The number of rotatable bonds is 6. The Kier molecular flexibility index (Phi) is 6.53. The molecule has 0 radical (unpaired) electrons. The first kappa shape index (κ1) is 16.2. The van der Waals surface area contributed by atoms with Gasteiger partial charge in [-0.25, -0.2) is 9.52 Å². The van der Waals surface area contributed by atoms with Crippen LogP contribution in [0.5, 0.6) is 0 Å². The van der Waals surface area contributed by atoms with Crippen LogP contribution in [0.3, 0.4) is 0 Å². The van der Waals surface area contributed by atoms with Gasteiger partial charge < -0.3 is 10.1 Å². The first-order valence-electron chi connectivity index (χ1n) is 6.56. The van der Waals surface area contributed by atoms with Crippen molar-refractivity contribution in [2.24, 2.45) is 5.92 Å². The molecule has 19 heavy (non-hydrogen) atoms. The average Bonchev–Trinajstić information content (AvgIpc) is 2.39. The summed E-state index contributed by atoms with van der Waals surface area (Å²) in [6.45, 7) is 4.89. The number of piperidine rings is 1. The Labute approximate surface area is 114 Å². The minimum absolute atomic E-state index is 0.435. The molecule has 0 aromatic carbocycles. The fraction of sp³-hybridized carbons (Fsp3) is 0.909. The van der Waals surface area contributed by atoms with Gasteiger partial charge in [0.1, 0.15) is 0 Å². The lowest BCUT2D eigenvalue weighted by Crippen LogP contribution is -2.47. The number of nitrogens with zero attached hydrogens (tertiary/aromatic N) is 1. The molecule has 0 unspecified atom stereocenters. The molecule has 1 rings (SSSR count). The van der Waals surface area contributed by atoms with Crippen LogP contribution in [0.2, 0.25) is 0 Å². The van der Waals surface area contributed by atoms with Crippen LogP contribution < -0.4 is 10.0 Å². The van der Waals surface area contributed by atoms with Crippen LogP contribution in [-0.4, -0.2) is 52.1 Å². The van der Waals surface area contributed by atoms with Gasteiger partial charge in [-0.15, -0.1) is 0 Å². The Balaban J connectivity index is 2.38. The fourth-order valence-corrected chi connectivity index (χ4v) is 3.16. The van der Waals surface area contributed by atoms with E-state index in [9.17, 15) is 13.2 Å². The van der Waals surface area contributed by atoms with E-state index in [1.807, 2.05) is 4.72 Å². The smallest absolute Gasteiger partial charge is 0.421 e. The number of ether oxygens (including phenoxy) is 1. The highest BCUT2D eigenvalue weighted by Gasteiger charge is 2.29. The van der Waals surface area contributed by atoms with Crippen LogP contribution in [0.25, 0.3) is 0 Å². The van der Waals surface area contributed by atoms with Crippen LogP contribution >= 0.6 is 0 Å². The zero-order chi connectivity index (χ0) is 14.3. The molecule has 0 spiro atoms. The van der Waals surface area contributed by atoms with Crippen molar-refractivity contribution < 1.29 is 17.9 Å². The van der Waals surface area contributed by atoms with Gasteiger partial charge in [0.2, 0.25) is 0 Å². The number of nitrogens with one attached hydrogen (secondary N) is 2. The molecule has 0 atom stereocenters. The van der Waals surface area contributed by atoms with Crippen molar-refractivity contribution in [3.05, 3.63) is 0 Å². The molecule has 0 saturated carbocycles. The summed E-state index contributed by atoms with van der Waals surface area (Å²) in [5.41, 5.74) is 0. The largest absolute Gasteiger partial charge is 0.452 e. The fourth-order valence-electron chi connectivity index (χ4n) is 2.05. The van der Waals surface area contributed by atoms with E-state index in [0.717, 1.165) is 39.5 Å². The third-order valence-corrected chi connectivity index (χ3v) is 4.64. The van der Waals surface area contributed by atoms with Gasteiger partial charge in [0.15, 0.2) is 0 Å². The van der Waals surface area contributed by atoms with Crippen LogP contribution in [-0.2, 0) is 14.9 Å². The molecule has 1 amide bonds. The standard InChI is InChI=1S/C11H23N3O4S/c1-3-6-12-9-10-4-7-14(8-5-10)19(16,17)13-11(15)18-2/h10,12H,3-9H2,1-2H3,(H,13,15). The molecule has 7 nitrogen and oxygen atoms in total. The molecule has 1 fully saturated rings. The lowest BCUT2D eigenvalue weighted by atomic mass is 9.98. The number of carbonyl (C=O) groups is 1. The monoisotopic (exact) mass is 293 g/mol. The Hall–Kier alpha value is -0.860. The van der Waals surface area contributed by atoms with E-state index in [2.05, 4.69) is 17.0 Å². The molecular weight excluding hydrogens is 270 g/mol. The van der Waals surface area contributed by atoms with E-state index in [4.69, 9.17) is 0 Å². The quantitative estimate of drug-likeness (QED) is 0.688. The van der Waals surface area contributed by atoms with E-state index in [0.29, 0.717) is 19.0 Å². The third-order valence-electron chi connectivity index (χ3n) is 3.17. The van der Waals surface area contributed by atoms with Crippen molar-refractivity contribution in [1.82, 2.24) is 14.3 Å². The number of amides is 1. The first-order valence-corrected chi connectivity index (χ1v) is 8.00. The maximum absolute atomic E-state index is 11.8. The predicted octanol–water partition coefficient (Wildman–Crippen LogP) is 0.299. The highest BCUT2D eigenvalue weighted by molar-refractivity contribution is 7.87. The lowest BCUT2D eigenvalue weighted by Gasteiger charge is -2.30. The minimum Gasteiger partial charge on any atom is -0.452 e. The number of hydrogen-bond acceptors (Lipinski definition) is 5. The Morgan fingerprint density at radius 1 is 1.37 bits per heavy atom. The number of hydrogen-bond donors (Lipinski definition) is 2. The van der Waals surface area contributed by atoms with Gasteiger partial charge in [0, 0.05) is 13.1 Å². The van der Waals surface area contributed by atoms with Crippen molar-refractivity contribution in [2.75, 3.05) is 33.3 Å². The summed E-state index contributed by atoms with van der Waals surface area (Å²) in [7, 11) is -2.62. The van der Waals surface area contributed by atoms with Crippen LogP contribution in [0.15, 0.2) is 0 Å². The predicted molar refractivity (Wildman–Crippen MR) is 71.9 cm³/mol. The molecule has 112 valence electrons. The summed E-state index contributed by atoms with van der Waals surface area (Å²) < 4.78 is 31.1. The van der Waals surface area contributed by atoms with E-state index in [1.54, 1.807) is 0 Å². The maximum atomic E-state index is 11.8. The molecule has 0 bridgehead atoms. The summed E-state index contributed by atoms with van der Waals surface area (Å²) in [5.74, 6) is 0.496. The second-order valence-electron chi connectivity index (χ2n) is 4.65. The van der Waals surface area contributed by atoms with Crippen molar-refractivity contribution in [3.63, 3.8) is 0 Å². The Morgan fingerprint density at radius 2 is 2.00 bits per heavy atom. The summed E-state index contributed by atoms with van der Waals surface area (Å²) in [6, 6.07) is 0. The second kappa shape index (κ2) is 7.66. The highest BCUT2D eigenvalue weighted by Crippen LogP contribution is 2.18. The topological polar surface area (TPSA) is 87.7 Å². The average molecular weight is 293 g/mol. The number of methoxy groups -OCH3 is 1. The van der Waals surface area contributed by atoms with Crippen molar-refractivity contribution in [2.45, 2.75) is 26.2 Å². The molecule has 8 heteroatoms. The molecular formula is C11H23N3O4S. The molecule has 1 aliphatic heterocycles. The van der Waals surface area contributed by atoms with E-state index < -0.39 is 16.3 Å². The summed E-state index contributed by atoms with van der Waals surface area (Å²) >= 11 is 0. The lowest BCUT2D eigenvalue weighted by molar-refractivity contribution is 0.176. The summed E-state index contributed by atoms with van der Waals surface area (Å²) in [4.78, 5) is 11.0. The normalized spacial score (nSPS) is 18.2. The Bertz CT molecular complexity index is 377. The minimum atomic E-state index is -3.75. The van der Waals surface area contributed by atoms with Crippen molar-refractivity contribution in [3.8, 4) is 0 Å². The third kappa shape index (κ3) is 5.33. The molecule has 0 aromatic heterocycles. The summed E-state index contributed by atoms with van der Waals surface area (Å²) in [5, 5.41) is 3.34. The van der Waals surface area contributed by atoms with Crippen LogP contribution in [0.4, 0.5) is 4.79 Å². The van der Waals surface area contributed by atoms with Gasteiger partial charge in [-0.2, -0.15) is 12.7 Å². The van der Waals surface area contributed by atoms with E-state index in [-0.39, 0.29) is 0 Å². The van der Waals surface area contributed by atoms with E-state index >= 15 is 0 Å². The Morgan fingerprint density at radius 3 is 2.53 bits per heavy atom. The molecule has 2 N–H and O–H groups in total. The number of carbonyl (C=O) groups excluding carboxylic acids is 1. The van der Waals surface area contributed by atoms with E-state index in [1.165, 1.54) is 4.31 Å². The van der Waals surface area contributed by atoms with Gasteiger partial charge >= 0.3 is 16.3 Å². The maximum Gasteiger partial charge on any atom is 0.421 e. The van der Waals surface area contributed by atoms with Gasteiger partial charge in [-0.05, 0) is 38.3 Å². The van der Waals surface area contributed by atoms with Gasteiger partial charge in [-0.3, -0.25) is 0 Å². The van der Waals surface area contributed by atoms with Crippen molar-refractivity contribution in [1.29, 1.82) is 0 Å². The zero-order valence-electron chi connectivity index (χ0n) is 11.5. The van der Waals surface area contributed by atoms with Gasteiger partial charge in [0.25, 0.3) is 0 Å². The zero-order valence-corrected chi connectivity index (χ0v) is 12.3. The second-order valence-corrected chi connectivity index (χ2v) is 6.32. The molecule has 0 aromatic rings. The van der Waals surface area contributed by atoms with Gasteiger partial charge in [-0.1, -0.05) is 6.92 Å². The molecule has 1 saturated heterocycles. The molecule has 1 heterocycles. The SMILES string of the molecule is CCCNCC1CCN(S(=O)(=O)NC(=O)OC)CC1. The summed E-state index contributed by atoms with van der Waals surface area (Å²) in [6.07, 6.45) is 1.75. The highest BCUT2D eigenvalue weighted by atomic mass is 32.2. The first-order chi connectivity index (χ1) is 8.99. The molecule has 1 aliphatic rings. The van der Waals surface area contributed by atoms with Crippen LogP contribution in [0.1, 0.15) is 26.2 Å². The van der Waals surface area contributed by atoms with Gasteiger partial charge in [0.05, 0.1) is 7.11 Å².